The lowest BCUT2D eigenvalue weighted by Gasteiger charge is -2.13. The number of likely N-dealkylation sites (N-methyl/N-ethyl adjacent to an activating group) is 1. The third-order valence-corrected chi connectivity index (χ3v) is 4.68. The molecule has 3 aromatic rings. The summed E-state index contributed by atoms with van der Waals surface area (Å²) in [6.07, 6.45) is 0.0935. The fourth-order valence-corrected chi connectivity index (χ4v) is 3.07. The van der Waals surface area contributed by atoms with Crippen LogP contribution in [0.2, 0.25) is 0 Å². The minimum atomic E-state index is -1.65. The summed E-state index contributed by atoms with van der Waals surface area (Å²) in [5.74, 6) is 5.73. The van der Waals surface area contributed by atoms with Gasteiger partial charge in [0.25, 0.3) is 5.91 Å². The van der Waals surface area contributed by atoms with Crippen molar-refractivity contribution in [2.24, 2.45) is 0 Å². The number of nitrogens with two attached hydrogens (primary N) is 1. The molecule has 28 heavy (non-hydrogen) atoms. The number of aryl methyl sites for hydroxylation is 1. The number of hydrogen-bond acceptors (Lipinski definition) is 7. The van der Waals surface area contributed by atoms with Crippen LogP contribution in [-0.4, -0.2) is 55.0 Å². The third-order valence-electron chi connectivity index (χ3n) is 4.68. The van der Waals surface area contributed by atoms with Gasteiger partial charge in [0.2, 0.25) is 5.60 Å². The Kier molecular flexibility index (Phi) is 3.88. The molecule has 140 valence electrons. The molecule has 1 saturated heterocycles. The molecule has 0 bridgehead atoms. The fourth-order valence-electron chi connectivity index (χ4n) is 3.07. The average molecular weight is 375 g/mol. The van der Waals surface area contributed by atoms with Crippen LogP contribution in [0.5, 0.6) is 0 Å². The number of aliphatic hydroxyl groups is 1. The number of nitrogens with zero attached hydrogens (tertiary/aromatic N) is 5. The van der Waals surface area contributed by atoms with Crippen LogP contribution >= 0.6 is 0 Å². The van der Waals surface area contributed by atoms with E-state index in [2.05, 4.69) is 31.8 Å². The molecular formula is C20H18N6O2. The lowest BCUT2D eigenvalue weighted by atomic mass is 10.0. The highest BCUT2D eigenvalue weighted by Gasteiger charge is 2.42. The Labute approximate surface area is 162 Å². The van der Waals surface area contributed by atoms with E-state index >= 15 is 0 Å². The number of benzene rings is 1. The molecule has 1 aliphatic rings. The number of carbonyl (C=O) groups is 1. The summed E-state index contributed by atoms with van der Waals surface area (Å²) >= 11 is 0. The van der Waals surface area contributed by atoms with Crippen molar-refractivity contribution in [1.82, 2.24) is 24.8 Å². The van der Waals surface area contributed by atoms with Crippen molar-refractivity contribution in [2.75, 3.05) is 19.3 Å². The summed E-state index contributed by atoms with van der Waals surface area (Å²) in [4.78, 5) is 30.4. The van der Waals surface area contributed by atoms with Crippen molar-refractivity contribution in [1.29, 1.82) is 0 Å². The number of amides is 1. The monoisotopic (exact) mass is 375 g/mol. The Bertz CT molecular complexity index is 1220. The van der Waals surface area contributed by atoms with Crippen molar-refractivity contribution in [3.8, 4) is 23.2 Å². The average Bonchev–Trinajstić information content (AvgIpc) is 2.95. The molecule has 0 radical (unpaired) electrons. The zero-order valence-corrected chi connectivity index (χ0v) is 15.4. The molecule has 8 heteroatoms. The summed E-state index contributed by atoms with van der Waals surface area (Å²) in [5, 5.41) is 10.5. The van der Waals surface area contributed by atoms with E-state index in [9.17, 15) is 9.90 Å². The van der Waals surface area contributed by atoms with Gasteiger partial charge in [0, 0.05) is 31.1 Å². The van der Waals surface area contributed by atoms with Gasteiger partial charge in [0.15, 0.2) is 11.6 Å². The first-order valence-corrected chi connectivity index (χ1v) is 8.67. The van der Waals surface area contributed by atoms with Gasteiger partial charge in [-0.3, -0.25) is 4.79 Å². The van der Waals surface area contributed by atoms with Crippen molar-refractivity contribution in [2.45, 2.75) is 18.9 Å². The summed E-state index contributed by atoms with van der Waals surface area (Å²) in [5.41, 5.74) is 6.97. The van der Waals surface area contributed by atoms with Gasteiger partial charge in [-0.2, -0.15) is 0 Å². The lowest BCUT2D eigenvalue weighted by Crippen LogP contribution is -2.37. The van der Waals surface area contributed by atoms with Crippen molar-refractivity contribution in [3.63, 3.8) is 0 Å². The van der Waals surface area contributed by atoms with Gasteiger partial charge in [0.1, 0.15) is 18.7 Å². The van der Waals surface area contributed by atoms with Gasteiger partial charge in [-0.15, -0.1) is 0 Å². The lowest BCUT2D eigenvalue weighted by molar-refractivity contribution is -0.137. The molecule has 1 atom stereocenters. The predicted octanol–water partition coefficient (Wildman–Crippen LogP) is 0.922. The first kappa shape index (κ1) is 16.6. The van der Waals surface area contributed by atoms with Gasteiger partial charge >= 0.3 is 0 Å². The molecule has 4 rings (SSSR count). The van der Waals surface area contributed by atoms with E-state index in [-0.39, 0.29) is 24.4 Å². The number of fused-ring (bicyclic) bond motifs is 1. The third kappa shape index (κ3) is 3.02. The molecule has 1 aliphatic heterocycles. The first-order valence-electron chi connectivity index (χ1n) is 9.17. The van der Waals surface area contributed by atoms with Gasteiger partial charge in [-0.1, -0.05) is 24.0 Å². The second-order valence-corrected chi connectivity index (χ2v) is 6.71. The van der Waals surface area contributed by atoms with Crippen molar-refractivity contribution < 1.29 is 11.3 Å². The number of carbonyl (C=O) groups excluding carboxylic acids is 1. The molecule has 1 aromatic carbocycles. The van der Waals surface area contributed by atoms with Gasteiger partial charge in [-0.05, 0) is 19.1 Å². The zero-order chi connectivity index (χ0) is 20.8. The van der Waals surface area contributed by atoms with E-state index < -0.39 is 5.60 Å². The number of aromatic nitrogens is 4. The van der Waals surface area contributed by atoms with Crippen LogP contribution < -0.4 is 5.73 Å². The molecule has 3 N–H and O–H groups in total. The maximum absolute atomic E-state index is 12.1. The topological polar surface area (TPSA) is 118 Å². The molecule has 0 spiro atoms. The predicted molar refractivity (Wildman–Crippen MR) is 104 cm³/mol. The molecule has 1 fully saturated rings. The quantitative estimate of drug-likeness (QED) is 0.607. The summed E-state index contributed by atoms with van der Waals surface area (Å²) in [6.45, 7) is 2.23. The van der Waals surface area contributed by atoms with E-state index in [1.54, 1.807) is 32.2 Å². The zero-order valence-electron chi connectivity index (χ0n) is 16.4. The highest BCUT2D eigenvalue weighted by atomic mass is 16.3. The Balaban J connectivity index is 1.74. The SMILES string of the molecule is [2H]c1nc(N)c2nc(-c3cccc(C#C[C@]4(O)CCN(C)C4=O)c3)nc(C)c2n1. The summed E-state index contributed by atoms with van der Waals surface area (Å²) < 4.78 is 7.60. The van der Waals surface area contributed by atoms with E-state index in [0.29, 0.717) is 40.2 Å². The van der Waals surface area contributed by atoms with Crippen LogP contribution in [0.15, 0.2) is 30.6 Å². The molecule has 0 aliphatic carbocycles. The fraction of sp³-hybridized carbons (Fsp3) is 0.250. The van der Waals surface area contributed by atoms with Gasteiger partial charge in [-0.25, -0.2) is 19.9 Å². The molecule has 3 heterocycles. The van der Waals surface area contributed by atoms with E-state index in [4.69, 9.17) is 7.10 Å². The van der Waals surface area contributed by atoms with Gasteiger partial charge in [0.05, 0.1) is 5.69 Å². The van der Waals surface area contributed by atoms with E-state index in [1.807, 2.05) is 6.07 Å². The Morgan fingerprint density at radius 3 is 2.89 bits per heavy atom. The molecule has 0 unspecified atom stereocenters. The molecule has 8 nitrogen and oxygen atoms in total. The Morgan fingerprint density at radius 2 is 2.14 bits per heavy atom. The molecule has 2 aromatic heterocycles. The second kappa shape index (κ2) is 6.55. The van der Waals surface area contributed by atoms with Crippen LogP contribution in [0, 0.1) is 18.8 Å². The smallest absolute Gasteiger partial charge is 0.267 e. The minimum absolute atomic E-state index is 0.119. The Hall–Kier alpha value is -3.57. The van der Waals surface area contributed by atoms with Crippen LogP contribution in [-0.2, 0) is 4.79 Å². The number of anilines is 1. The number of hydrogen-bond donors (Lipinski definition) is 2. The first-order chi connectivity index (χ1) is 13.8. The number of nitrogen functional groups attached to an aromatic ring is 1. The summed E-state index contributed by atoms with van der Waals surface area (Å²) in [7, 11) is 1.64. The number of likely N-dealkylation sites (tertiary alicyclic amines) is 1. The maximum atomic E-state index is 12.1. The van der Waals surface area contributed by atoms with Crippen LogP contribution in [0.3, 0.4) is 0 Å². The highest BCUT2D eigenvalue weighted by molar-refractivity contribution is 5.90. The van der Waals surface area contributed by atoms with Crippen molar-refractivity contribution >= 4 is 22.8 Å². The van der Waals surface area contributed by atoms with Crippen LogP contribution in [0.25, 0.3) is 22.4 Å². The molecule has 1 amide bonds. The Morgan fingerprint density at radius 1 is 1.32 bits per heavy atom. The molecule has 0 saturated carbocycles. The standard InChI is InChI=1S/C20H18N6O2/c1-12-15-16(17(21)23-11-22-15)25-18(24-12)14-5-3-4-13(10-14)6-7-20(28)8-9-26(2)19(20)27/h3-5,10-11,28H,8-9H2,1-2H3,(H2,21,22,23)/t20-/m0/s1/i11D. The maximum Gasteiger partial charge on any atom is 0.267 e. The molecular weight excluding hydrogens is 356 g/mol. The second-order valence-electron chi connectivity index (χ2n) is 6.71. The van der Waals surface area contributed by atoms with E-state index in [0.717, 1.165) is 0 Å². The summed E-state index contributed by atoms with van der Waals surface area (Å²) in [6, 6.07) is 7.17. The minimum Gasteiger partial charge on any atom is -0.382 e. The highest BCUT2D eigenvalue weighted by Crippen LogP contribution is 2.24. The largest absolute Gasteiger partial charge is 0.382 e. The number of rotatable bonds is 1. The van der Waals surface area contributed by atoms with E-state index in [1.165, 1.54) is 4.90 Å². The van der Waals surface area contributed by atoms with Crippen molar-refractivity contribution in [3.05, 3.63) is 41.8 Å². The normalized spacial score (nSPS) is 19.5. The van der Waals surface area contributed by atoms with Gasteiger partial charge < -0.3 is 15.7 Å². The van der Waals surface area contributed by atoms with Crippen LogP contribution in [0.4, 0.5) is 5.82 Å². The van der Waals surface area contributed by atoms with Crippen LogP contribution in [0.1, 0.15) is 19.0 Å².